The van der Waals surface area contributed by atoms with E-state index in [0.29, 0.717) is 5.56 Å². The molecule has 8 aromatic carbocycles. The minimum Gasteiger partial charge on any atom is -0.311 e. The zero-order valence-electron chi connectivity index (χ0n) is 45.4. The number of para-hydroxylation sites is 2. The van der Waals surface area contributed by atoms with Gasteiger partial charge in [-0.25, -0.2) is 0 Å². The lowest BCUT2D eigenvalue weighted by molar-refractivity contribution is 0.332. The lowest BCUT2D eigenvalue weighted by atomic mass is 9.33. The molecule has 2 aliphatic carbocycles. The summed E-state index contributed by atoms with van der Waals surface area (Å²) in [6.07, 6.45) is 4.39. The molecule has 0 spiro atoms. The van der Waals surface area contributed by atoms with E-state index in [2.05, 4.69) is 235 Å². The largest absolute Gasteiger partial charge is 0.311 e. The van der Waals surface area contributed by atoms with Crippen LogP contribution in [0.1, 0.15) is 119 Å². The van der Waals surface area contributed by atoms with Gasteiger partial charge in [-0.1, -0.05) is 146 Å². The van der Waals surface area contributed by atoms with Crippen molar-refractivity contribution in [1.82, 2.24) is 0 Å². The van der Waals surface area contributed by atoms with Gasteiger partial charge < -0.3 is 14.7 Å². The summed E-state index contributed by atoms with van der Waals surface area (Å²) >= 11 is 0. The fourth-order valence-electron chi connectivity index (χ4n) is 12.7. The molecule has 0 N–H and O–H groups in total. The summed E-state index contributed by atoms with van der Waals surface area (Å²) in [5, 5.41) is 0. The molecule has 4 heteroatoms. The van der Waals surface area contributed by atoms with E-state index in [-0.39, 0.29) is 28.4 Å². The Morgan fingerprint density at radius 1 is 0.429 bits per heavy atom. The molecule has 348 valence electrons. The van der Waals surface area contributed by atoms with Crippen molar-refractivity contribution in [2.24, 2.45) is 0 Å². The highest BCUT2D eigenvalue weighted by Crippen LogP contribution is 2.53. The maximum atomic E-state index is 9.22. The molecule has 0 atom stereocenters. The molecule has 3 nitrogen and oxygen atoms in total. The summed E-state index contributed by atoms with van der Waals surface area (Å²) in [5.74, 6) is 0. The molecule has 0 bridgehead atoms. The Hall–Kier alpha value is -6.78. The first-order chi connectivity index (χ1) is 34.7. The standard InChI is InChI=1S/C66H66BN3/c1-43-36-60-62-61(37-43)70(58-38-46(27-26-44(58)2)45-20-14-11-15-21-45)57-31-29-50(68(47-22-16-12-17-23-47)48-24-18-13-19-25-48)40-55(57)67(62)56-41-53-54(66(9,10)35-34-65(53,7)8)42-59(56)69(60)49-28-30-51-52(39-49)64(5,6)33-32-63(51,3)4/h11-31,36-42H,32-35H2,1-10H3/i1D3. The van der Waals surface area contributed by atoms with Gasteiger partial charge in [-0.05, 0) is 201 Å². The van der Waals surface area contributed by atoms with Crippen molar-refractivity contribution < 1.29 is 4.11 Å². The number of nitrogens with zero attached hydrogens (tertiary/aromatic N) is 3. The number of anilines is 9. The molecule has 0 unspecified atom stereocenters. The summed E-state index contributed by atoms with van der Waals surface area (Å²) in [7, 11) is 0. The molecule has 2 aliphatic heterocycles. The second-order valence-corrected chi connectivity index (χ2v) is 23.4. The number of rotatable bonds is 6. The van der Waals surface area contributed by atoms with Crippen LogP contribution in [0.15, 0.2) is 170 Å². The first-order valence-electron chi connectivity index (χ1n) is 27.0. The highest BCUT2D eigenvalue weighted by Gasteiger charge is 2.47. The Balaban J connectivity index is 1.22. The number of hydrogen-bond donors (Lipinski definition) is 0. The highest BCUT2D eigenvalue weighted by atomic mass is 15.2. The maximum Gasteiger partial charge on any atom is 0.252 e. The van der Waals surface area contributed by atoms with Gasteiger partial charge in [0.2, 0.25) is 0 Å². The molecule has 0 saturated carbocycles. The molecular weight excluding hydrogens is 846 g/mol. The van der Waals surface area contributed by atoms with Crippen LogP contribution in [-0.4, -0.2) is 6.71 Å². The topological polar surface area (TPSA) is 9.72 Å². The molecule has 0 amide bonds. The van der Waals surface area contributed by atoms with E-state index in [1.165, 1.54) is 33.2 Å². The van der Waals surface area contributed by atoms with Gasteiger partial charge in [0.1, 0.15) is 0 Å². The van der Waals surface area contributed by atoms with Gasteiger partial charge in [0, 0.05) is 55.3 Å². The van der Waals surface area contributed by atoms with E-state index >= 15 is 0 Å². The first kappa shape index (κ1) is 41.0. The summed E-state index contributed by atoms with van der Waals surface area (Å²) in [6.45, 7) is 18.8. The van der Waals surface area contributed by atoms with Gasteiger partial charge in [0.05, 0.1) is 0 Å². The van der Waals surface area contributed by atoms with Crippen LogP contribution in [0.2, 0.25) is 0 Å². The number of aryl methyl sites for hydroxylation is 2. The molecule has 0 radical (unpaired) electrons. The Labute approximate surface area is 422 Å². The van der Waals surface area contributed by atoms with Gasteiger partial charge >= 0.3 is 0 Å². The number of hydrogen-bond acceptors (Lipinski definition) is 3. The average molecular weight is 915 g/mol. The summed E-state index contributed by atoms with van der Waals surface area (Å²) in [6, 6.07) is 61.9. The van der Waals surface area contributed by atoms with Crippen LogP contribution in [0, 0.1) is 13.8 Å². The molecule has 0 fully saturated rings. The van der Waals surface area contributed by atoms with Crippen molar-refractivity contribution in [2.45, 2.75) is 117 Å². The maximum absolute atomic E-state index is 9.22. The zero-order valence-corrected chi connectivity index (χ0v) is 42.4. The van der Waals surface area contributed by atoms with E-state index < -0.39 is 6.85 Å². The summed E-state index contributed by atoms with van der Waals surface area (Å²) in [5.41, 5.74) is 21.9. The number of benzene rings is 8. The highest BCUT2D eigenvalue weighted by molar-refractivity contribution is 7.00. The fourth-order valence-corrected chi connectivity index (χ4v) is 12.7. The number of fused-ring (bicyclic) bond motifs is 6. The summed E-state index contributed by atoms with van der Waals surface area (Å²) in [4.78, 5) is 7.23. The third kappa shape index (κ3) is 6.99. The Morgan fingerprint density at radius 2 is 0.971 bits per heavy atom. The van der Waals surface area contributed by atoms with Crippen LogP contribution in [0.4, 0.5) is 51.2 Å². The van der Waals surface area contributed by atoms with Crippen molar-refractivity contribution in [3.63, 3.8) is 0 Å². The SMILES string of the molecule is [2H]C([2H])([2H])c1cc2c3c(c1)N(c1cc(-c4ccccc4)ccc1C)c1ccc(N(c4ccccc4)c4ccccc4)cc1B3c1cc3c(cc1N2c1ccc2c(c1)C(C)(C)CCC2(C)C)C(C)(C)CCC3(C)C. The lowest BCUT2D eigenvalue weighted by Crippen LogP contribution is -2.62. The van der Waals surface area contributed by atoms with E-state index in [1.807, 2.05) is 12.1 Å². The van der Waals surface area contributed by atoms with Crippen molar-refractivity contribution in [2.75, 3.05) is 14.7 Å². The van der Waals surface area contributed by atoms with Crippen LogP contribution in [0.5, 0.6) is 0 Å². The molecule has 0 saturated heterocycles. The third-order valence-corrected chi connectivity index (χ3v) is 17.0. The third-order valence-electron chi connectivity index (χ3n) is 17.0. The second kappa shape index (κ2) is 15.9. The predicted octanol–water partition coefficient (Wildman–Crippen LogP) is 16.2. The van der Waals surface area contributed by atoms with Gasteiger partial charge in [-0.3, -0.25) is 0 Å². The van der Waals surface area contributed by atoms with Crippen molar-refractivity contribution >= 4 is 74.3 Å². The smallest absolute Gasteiger partial charge is 0.252 e. The van der Waals surface area contributed by atoms with E-state index in [1.54, 1.807) is 0 Å². The van der Waals surface area contributed by atoms with Crippen LogP contribution in [-0.2, 0) is 21.7 Å². The average Bonchev–Trinajstić information content (AvgIpc) is 3.38. The Bertz CT molecular complexity index is 3450. The van der Waals surface area contributed by atoms with Crippen LogP contribution >= 0.6 is 0 Å². The predicted molar refractivity (Wildman–Crippen MR) is 301 cm³/mol. The van der Waals surface area contributed by atoms with Gasteiger partial charge in [-0.15, -0.1) is 0 Å². The quantitative estimate of drug-likeness (QED) is 0.154. The molecule has 70 heavy (non-hydrogen) atoms. The second-order valence-electron chi connectivity index (χ2n) is 23.4. The van der Waals surface area contributed by atoms with Crippen molar-refractivity contribution in [3.05, 3.63) is 203 Å². The van der Waals surface area contributed by atoms with Gasteiger partial charge in [-0.2, -0.15) is 0 Å². The first-order valence-corrected chi connectivity index (χ1v) is 25.5. The van der Waals surface area contributed by atoms with E-state index in [9.17, 15) is 4.11 Å². The minimum absolute atomic E-state index is 0.0325. The molecule has 12 rings (SSSR count). The fraction of sp³-hybridized carbons (Fsp3) is 0.273. The van der Waals surface area contributed by atoms with Crippen LogP contribution in [0.3, 0.4) is 0 Å². The monoisotopic (exact) mass is 915 g/mol. The van der Waals surface area contributed by atoms with E-state index in [4.69, 9.17) is 0 Å². The van der Waals surface area contributed by atoms with Crippen molar-refractivity contribution in [1.29, 1.82) is 0 Å². The molecular formula is C66H66BN3. The lowest BCUT2D eigenvalue weighted by Gasteiger charge is -2.48. The van der Waals surface area contributed by atoms with Crippen LogP contribution in [0.25, 0.3) is 11.1 Å². The van der Waals surface area contributed by atoms with E-state index in [0.717, 1.165) is 99.0 Å². The van der Waals surface area contributed by atoms with Gasteiger partial charge in [0.15, 0.2) is 0 Å². The Morgan fingerprint density at radius 3 is 1.59 bits per heavy atom. The normalized spacial score (nSPS) is 18.2. The molecule has 2 heterocycles. The molecule has 4 aliphatic rings. The van der Waals surface area contributed by atoms with Crippen LogP contribution < -0.4 is 31.1 Å². The van der Waals surface area contributed by atoms with Gasteiger partial charge in [0.25, 0.3) is 6.71 Å². The van der Waals surface area contributed by atoms with Crippen molar-refractivity contribution in [3.8, 4) is 11.1 Å². The molecule has 0 aromatic heterocycles. The molecule has 8 aromatic rings. The Kier molecular flexibility index (Phi) is 9.31. The minimum atomic E-state index is -2.39. The summed E-state index contributed by atoms with van der Waals surface area (Å²) < 4.78 is 27.7. The zero-order chi connectivity index (χ0) is 51.0.